The molecule has 1 fully saturated rings. The zero-order valence-electron chi connectivity index (χ0n) is 14.8. The summed E-state index contributed by atoms with van der Waals surface area (Å²) in [5.74, 6) is 0.259. The minimum absolute atomic E-state index is 0.0469. The Labute approximate surface area is 148 Å². The molecule has 1 saturated heterocycles. The highest BCUT2D eigenvalue weighted by Crippen LogP contribution is 2.30. The van der Waals surface area contributed by atoms with E-state index in [0.29, 0.717) is 6.54 Å². The molecule has 2 amide bonds. The summed E-state index contributed by atoms with van der Waals surface area (Å²) in [6, 6.07) is 7.95. The number of amides is 2. The first-order chi connectivity index (χ1) is 12.2. The van der Waals surface area contributed by atoms with E-state index >= 15 is 0 Å². The molecule has 0 aromatic heterocycles. The molecule has 7 nitrogen and oxygen atoms in total. The van der Waals surface area contributed by atoms with E-state index < -0.39 is 0 Å². The molecule has 7 heteroatoms. The molecule has 25 heavy (non-hydrogen) atoms. The van der Waals surface area contributed by atoms with Crippen molar-refractivity contribution in [1.82, 2.24) is 15.5 Å². The Morgan fingerprint density at radius 2 is 1.88 bits per heavy atom. The van der Waals surface area contributed by atoms with Gasteiger partial charge in [0.15, 0.2) is 0 Å². The molecule has 1 atom stereocenters. The molecular weight excluding hydrogens is 320 g/mol. The quantitative estimate of drug-likeness (QED) is 0.632. The van der Waals surface area contributed by atoms with Crippen LogP contribution in [-0.4, -0.2) is 56.5 Å². The SMILES string of the molecule is COc1ccccc1C(CNC(=O)CNC(=O)CN)N1CCCCC1. The summed E-state index contributed by atoms with van der Waals surface area (Å²) in [7, 11) is 1.66. The van der Waals surface area contributed by atoms with Crippen LogP contribution in [-0.2, 0) is 9.59 Å². The van der Waals surface area contributed by atoms with Crippen molar-refractivity contribution in [1.29, 1.82) is 0 Å². The number of para-hydroxylation sites is 1. The molecule has 0 aliphatic carbocycles. The molecule has 1 aliphatic rings. The third-order valence-electron chi connectivity index (χ3n) is 4.45. The van der Waals surface area contributed by atoms with Crippen LogP contribution in [0, 0.1) is 0 Å². The lowest BCUT2D eigenvalue weighted by atomic mass is 10.0. The van der Waals surface area contributed by atoms with Gasteiger partial charge in [-0.2, -0.15) is 0 Å². The van der Waals surface area contributed by atoms with Gasteiger partial charge in [0.25, 0.3) is 0 Å². The number of carbonyl (C=O) groups is 2. The maximum Gasteiger partial charge on any atom is 0.239 e. The Morgan fingerprint density at radius 1 is 1.16 bits per heavy atom. The zero-order valence-corrected chi connectivity index (χ0v) is 14.8. The van der Waals surface area contributed by atoms with Gasteiger partial charge < -0.3 is 21.1 Å². The summed E-state index contributed by atoms with van der Waals surface area (Å²) in [4.78, 5) is 25.6. The van der Waals surface area contributed by atoms with Crippen molar-refractivity contribution >= 4 is 11.8 Å². The molecule has 1 unspecified atom stereocenters. The van der Waals surface area contributed by atoms with Crippen molar-refractivity contribution in [2.75, 3.05) is 39.8 Å². The molecule has 1 heterocycles. The lowest BCUT2D eigenvalue weighted by molar-refractivity contribution is -0.125. The monoisotopic (exact) mass is 348 g/mol. The smallest absolute Gasteiger partial charge is 0.239 e. The predicted molar refractivity (Wildman–Crippen MR) is 96.2 cm³/mol. The van der Waals surface area contributed by atoms with Gasteiger partial charge in [-0.05, 0) is 32.0 Å². The number of piperidine rings is 1. The minimum atomic E-state index is -0.340. The van der Waals surface area contributed by atoms with Gasteiger partial charge in [-0.1, -0.05) is 24.6 Å². The van der Waals surface area contributed by atoms with Crippen LogP contribution in [0.25, 0.3) is 0 Å². The molecule has 138 valence electrons. The third-order valence-corrected chi connectivity index (χ3v) is 4.45. The van der Waals surface area contributed by atoms with Crippen LogP contribution in [0.4, 0.5) is 0 Å². The highest BCUT2D eigenvalue weighted by molar-refractivity contribution is 5.85. The molecule has 4 N–H and O–H groups in total. The van der Waals surface area contributed by atoms with E-state index in [-0.39, 0.29) is 30.9 Å². The van der Waals surface area contributed by atoms with Crippen molar-refractivity contribution in [3.63, 3.8) is 0 Å². The average Bonchev–Trinajstić information content (AvgIpc) is 2.67. The van der Waals surface area contributed by atoms with Gasteiger partial charge in [-0.3, -0.25) is 14.5 Å². The minimum Gasteiger partial charge on any atom is -0.496 e. The van der Waals surface area contributed by atoms with Crippen molar-refractivity contribution in [2.45, 2.75) is 25.3 Å². The number of rotatable bonds is 8. The van der Waals surface area contributed by atoms with Gasteiger partial charge in [0.2, 0.25) is 11.8 Å². The second-order valence-electron chi connectivity index (χ2n) is 6.14. The summed E-state index contributed by atoms with van der Waals surface area (Å²) in [5.41, 5.74) is 6.29. The Hall–Kier alpha value is -2.12. The number of ether oxygens (including phenoxy) is 1. The lowest BCUT2D eigenvalue weighted by Crippen LogP contribution is -2.44. The van der Waals surface area contributed by atoms with Gasteiger partial charge in [-0.25, -0.2) is 0 Å². The van der Waals surface area contributed by atoms with Crippen LogP contribution in [0.15, 0.2) is 24.3 Å². The van der Waals surface area contributed by atoms with Gasteiger partial charge in [0, 0.05) is 12.1 Å². The van der Waals surface area contributed by atoms with Crippen molar-refractivity contribution < 1.29 is 14.3 Å². The van der Waals surface area contributed by atoms with Crippen LogP contribution in [0.1, 0.15) is 30.9 Å². The number of nitrogens with one attached hydrogen (secondary N) is 2. The Kier molecular flexibility index (Phi) is 7.69. The first-order valence-corrected chi connectivity index (χ1v) is 8.76. The summed E-state index contributed by atoms with van der Waals surface area (Å²) < 4.78 is 5.51. The molecule has 1 aliphatic heterocycles. The van der Waals surface area contributed by atoms with Crippen LogP contribution in [0.3, 0.4) is 0 Å². The molecule has 0 saturated carbocycles. The highest BCUT2D eigenvalue weighted by atomic mass is 16.5. The summed E-state index contributed by atoms with van der Waals surface area (Å²) in [5, 5.41) is 5.40. The summed E-state index contributed by atoms with van der Waals surface area (Å²) >= 11 is 0. The maximum atomic E-state index is 12.0. The molecule has 1 aromatic carbocycles. The summed E-state index contributed by atoms with van der Waals surface area (Å²) in [6.45, 7) is 2.29. The second-order valence-corrected chi connectivity index (χ2v) is 6.14. The van der Waals surface area contributed by atoms with E-state index in [9.17, 15) is 9.59 Å². The van der Waals surface area contributed by atoms with Gasteiger partial charge >= 0.3 is 0 Å². The first kappa shape index (κ1) is 19.2. The van der Waals surface area contributed by atoms with Gasteiger partial charge in [0.1, 0.15) is 5.75 Å². The maximum absolute atomic E-state index is 12.0. The lowest BCUT2D eigenvalue weighted by Gasteiger charge is -2.35. The number of nitrogens with zero attached hydrogens (tertiary/aromatic N) is 1. The predicted octanol–water partition coefficient (Wildman–Crippen LogP) is 0.413. The van der Waals surface area contributed by atoms with Crippen LogP contribution in [0.5, 0.6) is 5.75 Å². The van der Waals surface area contributed by atoms with Crippen LogP contribution in [0.2, 0.25) is 0 Å². The zero-order chi connectivity index (χ0) is 18.1. The number of methoxy groups -OCH3 is 1. The van der Waals surface area contributed by atoms with Crippen molar-refractivity contribution in [3.05, 3.63) is 29.8 Å². The largest absolute Gasteiger partial charge is 0.496 e. The number of nitrogens with two attached hydrogens (primary N) is 1. The Morgan fingerprint density at radius 3 is 2.56 bits per heavy atom. The normalized spacial score (nSPS) is 16.1. The van der Waals surface area contributed by atoms with E-state index in [1.165, 1.54) is 6.42 Å². The van der Waals surface area contributed by atoms with Crippen LogP contribution < -0.4 is 21.1 Å². The fourth-order valence-corrected chi connectivity index (χ4v) is 3.13. The molecule has 0 radical (unpaired) electrons. The second kappa shape index (κ2) is 10.0. The van der Waals surface area contributed by atoms with E-state index in [1.807, 2.05) is 24.3 Å². The highest BCUT2D eigenvalue weighted by Gasteiger charge is 2.25. The van der Waals surface area contributed by atoms with E-state index in [0.717, 1.165) is 37.2 Å². The topological polar surface area (TPSA) is 96.7 Å². The van der Waals surface area contributed by atoms with Crippen LogP contribution >= 0.6 is 0 Å². The van der Waals surface area contributed by atoms with E-state index in [4.69, 9.17) is 10.5 Å². The molecule has 1 aromatic rings. The number of hydrogen-bond donors (Lipinski definition) is 3. The number of carbonyl (C=O) groups excluding carboxylic acids is 2. The molecular formula is C18H28N4O3. The molecule has 2 rings (SSSR count). The third kappa shape index (κ3) is 5.72. The number of benzene rings is 1. The van der Waals surface area contributed by atoms with Crippen molar-refractivity contribution in [2.24, 2.45) is 5.73 Å². The fourth-order valence-electron chi connectivity index (χ4n) is 3.13. The van der Waals surface area contributed by atoms with E-state index in [1.54, 1.807) is 7.11 Å². The average molecular weight is 348 g/mol. The van der Waals surface area contributed by atoms with E-state index in [2.05, 4.69) is 15.5 Å². The Bertz CT molecular complexity index is 573. The standard InChI is InChI=1S/C18H28N4O3/c1-25-16-8-4-3-7-14(16)15(22-9-5-2-6-10-22)12-20-18(24)13-21-17(23)11-19/h3-4,7-8,15H,2,5-6,9-13,19H2,1H3,(H,20,24)(H,21,23). The van der Waals surface area contributed by atoms with Crippen molar-refractivity contribution in [3.8, 4) is 5.75 Å². The Balaban J connectivity index is 2.04. The van der Waals surface area contributed by atoms with Gasteiger partial charge in [0.05, 0.1) is 26.2 Å². The number of likely N-dealkylation sites (tertiary alicyclic amines) is 1. The fraction of sp³-hybridized carbons (Fsp3) is 0.556. The number of hydrogen-bond acceptors (Lipinski definition) is 5. The molecule has 0 bridgehead atoms. The first-order valence-electron chi connectivity index (χ1n) is 8.76. The van der Waals surface area contributed by atoms with Gasteiger partial charge in [-0.15, -0.1) is 0 Å². The summed E-state index contributed by atoms with van der Waals surface area (Å²) in [6.07, 6.45) is 3.56. The molecule has 0 spiro atoms.